The van der Waals surface area contributed by atoms with Crippen molar-refractivity contribution in [2.75, 3.05) is 25.0 Å². The standard InChI is InChI=1S/C15H19N3/c16-11-13-5-1-2-6-14(13)17-12-15-7-3-9-18(15)10-4-8-15/h1-2,5-6,17H,3-4,7-10,12H2. The van der Waals surface area contributed by atoms with Crippen LogP contribution < -0.4 is 5.32 Å². The summed E-state index contributed by atoms with van der Waals surface area (Å²) in [6.45, 7) is 3.48. The summed E-state index contributed by atoms with van der Waals surface area (Å²) in [7, 11) is 0. The zero-order chi connectivity index (χ0) is 12.4. The lowest BCUT2D eigenvalue weighted by molar-refractivity contribution is 0.209. The van der Waals surface area contributed by atoms with Crippen molar-refractivity contribution in [1.82, 2.24) is 4.90 Å². The van der Waals surface area contributed by atoms with Gasteiger partial charge < -0.3 is 5.32 Å². The van der Waals surface area contributed by atoms with Crippen LogP contribution >= 0.6 is 0 Å². The van der Waals surface area contributed by atoms with Crippen molar-refractivity contribution in [1.29, 1.82) is 5.26 Å². The molecule has 1 N–H and O–H groups in total. The number of nitriles is 1. The molecule has 0 aliphatic carbocycles. The first kappa shape index (κ1) is 11.6. The van der Waals surface area contributed by atoms with Crippen molar-refractivity contribution in [3.8, 4) is 6.07 Å². The molecule has 3 heteroatoms. The molecule has 0 unspecified atom stereocenters. The second-order valence-corrected chi connectivity index (χ2v) is 5.43. The van der Waals surface area contributed by atoms with Crippen molar-refractivity contribution < 1.29 is 0 Å². The van der Waals surface area contributed by atoms with Crippen LogP contribution in [0.1, 0.15) is 31.2 Å². The van der Waals surface area contributed by atoms with Gasteiger partial charge in [0.2, 0.25) is 0 Å². The monoisotopic (exact) mass is 241 g/mol. The molecule has 0 spiro atoms. The van der Waals surface area contributed by atoms with Gasteiger partial charge in [-0.05, 0) is 50.9 Å². The van der Waals surface area contributed by atoms with Crippen LogP contribution in [0.2, 0.25) is 0 Å². The van der Waals surface area contributed by atoms with Gasteiger partial charge in [-0.25, -0.2) is 0 Å². The predicted octanol–water partition coefficient (Wildman–Crippen LogP) is 2.60. The molecule has 2 aliphatic heterocycles. The van der Waals surface area contributed by atoms with Gasteiger partial charge in [-0.3, -0.25) is 4.90 Å². The molecule has 2 saturated heterocycles. The smallest absolute Gasteiger partial charge is 0.101 e. The molecule has 0 bridgehead atoms. The Balaban J connectivity index is 1.73. The van der Waals surface area contributed by atoms with E-state index in [9.17, 15) is 0 Å². The van der Waals surface area contributed by atoms with Crippen molar-refractivity contribution >= 4 is 5.69 Å². The molecular weight excluding hydrogens is 222 g/mol. The largest absolute Gasteiger partial charge is 0.382 e. The number of hydrogen-bond acceptors (Lipinski definition) is 3. The number of nitrogens with zero attached hydrogens (tertiary/aromatic N) is 2. The summed E-state index contributed by atoms with van der Waals surface area (Å²) in [6.07, 6.45) is 5.24. The quantitative estimate of drug-likeness (QED) is 0.884. The molecule has 2 aliphatic rings. The summed E-state index contributed by atoms with van der Waals surface area (Å²) in [5.41, 5.74) is 2.09. The summed E-state index contributed by atoms with van der Waals surface area (Å²) in [4.78, 5) is 2.63. The van der Waals surface area contributed by atoms with Crippen molar-refractivity contribution in [3.05, 3.63) is 29.8 Å². The summed E-state index contributed by atoms with van der Waals surface area (Å²) in [5.74, 6) is 0. The number of benzene rings is 1. The van der Waals surface area contributed by atoms with E-state index in [1.807, 2.05) is 24.3 Å². The van der Waals surface area contributed by atoms with E-state index in [1.165, 1.54) is 38.8 Å². The van der Waals surface area contributed by atoms with E-state index in [1.54, 1.807) is 0 Å². The molecule has 0 atom stereocenters. The Morgan fingerprint density at radius 2 is 1.94 bits per heavy atom. The molecule has 2 fully saturated rings. The third-order valence-corrected chi connectivity index (χ3v) is 4.47. The first-order valence-electron chi connectivity index (χ1n) is 6.82. The van der Waals surface area contributed by atoms with Crippen LogP contribution in [0.4, 0.5) is 5.69 Å². The predicted molar refractivity (Wildman–Crippen MR) is 72.4 cm³/mol. The molecular formula is C15H19N3. The third kappa shape index (κ3) is 1.87. The highest BCUT2D eigenvalue weighted by Crippen LogP contribution is 2.38. The van der Waals surface area contributed by atoms with Gasteiger partial charge in [0.15, 0.2) is 0 Å². The van der Waals surface area contributed by atoms with Gasteiger partial charge in [-0.15, -0.1) is 0 Å². The van der Waals surface area contributed by atoms with Gasteiger partial charge in [0.1, 0.15) is 6.07 Å². The minimum Gasteiger partial charge on any atom is -0.382 e. The topological polar surface area (TPSA) is 39.1 Å². The SMILES string of the molecule is N#Cc1ccccc1NCC12CCCN1CCC2. The Labute approximate surface area is 108 Å². The fourth-order valence-corrected chi connectivity index (χ4v) is 3.51. The van der Waals surface area contributed by atoms with Crippen molar-refractivity contribution in [3.63, 3.8) is 0 Å². The molecule has 3 rings (SSSR count). The normalized spacial score (nSPS) is 21.5. The van der Waals surface area contributed by atoms with Gasteiger partial charge in [-0.2, -0.15) is 5.26 Å². The third-order valence-electron chi connectivity index (χ3n) is 4.47. The summed E-state index contributed by atoms with van der Waals surface area (Å²) in [5, 5.41) is 12.6. The Hall–Kier alpha value is -1.53. The second kappa shape index (κ2) is 4.62. The van der Waals surface area contributed by atoms with Crippen LogP contribution in [0.15, 0.2) is 24.3 Å². The highest BCUT2D eigenvalue weighted by molar-refractivity contribution is 5.57. The van der Waals surface area contributed by atoms with E-state index in [2.05, 4.69) is 16.3 Å². The lowest BCUT2D eigenvalue weighted by Crippen LogP contribution is -2.44. The maximum absolute atomic E-state index is 9.10. The van der Waals surface area contributed by atoms with Crippen LogP contribution in [0.3, 0.4) is 0 Å². The Bertz CT molecular complexity index is 465. The van der Waals surface area contributed by atoms with Gasteiger partial charge in [0, 0.05) is 12.1 Å². The summed E-state index contributed by atoms with van der Waals surface area (Å²) in [6, 6.07) is 10.0. The molecule has 1 aromatic carbocycles. The zero-order valence-corrected chi connectivity index (χ0v) is 10.7. The van der Waals surface area contributed by atoms with Crippen LogP contribution in [0, 0.1) is 11.3 Å². The highest BCUT2D eigenvalue weighted by atomic mass is 15.3. The van der Waals surface area contributed by atoms with E-state index in [-0.39, 0.29) is 0 Å². The Kier molecular flexibility index (Phi) is 2.97. The number of hydrogen-bond donors (Lipinski definition) is 1. The zero-order valence-electron chi connectivity index (χ0n) is 10.7. The van der Waals surface area contributed by atoms with Gasteiger partial charge in [-0.1, -0.05) is 12.1 Å². The first-order chi connectivity index (χ1) is 8.84. The number of nitrogens with one attached hydrogen (secondary N) is 1. The number of rotatable bonds is 3. The lowest BCUT2D eigenvalue weighted by Gasteiger charge is -2.32. The fourth-order valence-electron chi connectivity index (χ4n) is 3.51. The van der Waals surface area contributed by atoms with Gasteiger partial charge >= 0.3 is 0 Å². The molecule has 0 aromatic heterocycles. The minimum atomic E-state index is 0.364. The van der Waals surface area contributed by atoms with E-state index in [0.29, 0.717) is 5.54 Å². The minimum absolute atomic E-state index is 0.364. The van der Waals surface area contributed by atoms with Crippen molar-refractivity contribution in [2.24, 2.45) is 0 Å². The number of para-hydroxylation sites is 1. The molecule has 18 heavy (non-hydrogen) atoms. The maximum Gasteiger partial charge on any atom is 0.101 e. The average Bonchev–Trinajstić information content (AvgIpc) is 2.96. The lowest BCUT2D eigenvalue weighted by atomic mass is 9.94. The van der Waals surface area contributed by atoms with E-state index < -0.39 is 0 Å². The average molecular weight is 241 g/mol. The summed E-state index contributed by atoms with van der Waals surface area (Å²) < 4.78 is 0. The second-order valence-electron chi connectivity index (χ2n) is 5.43. The van der Waals surface area contributed by atoms with Crippen LogP contribution in [-0.2, 0) is 0 Å². The van der Waals surface area contributed by atoms with Crippen LogP contribution in [-0.4, -0.2) is 30.1 Å². The Morgan fingerprint density at radius 1 is 1.22 bits per heavy atom. The van der Waals surface area contributed by atoms with Crippen LogP contribution in [0.5, 0.6) is 0 Å². The number of anilines is 1. The molecule has 1 aromatic rings. The molecule has 0 saturated carbocycles. The molecule has 0 amide bonds. The highest BCUT2D eigenvalue weighted by Gasteiger charge is 2.43. The van der Waals surface area contributed by atoms with Gasteiger partial charge in [0.05, 0.1) is 11.3 Å². The Morgan fingerprint density at radius 3 is 2.67 bits per heavy atom. The fraction of sp³-hybridized carbons (Fsp3) is 0.533. The van der Waals surface area contributed by atoms with E-state index >= 15 is 0 Å². The molecule has 0 radical (unpaired) electrons. The number of fused-ring (bicyclic) bond motifs is 1. The van der Waals surface area contributed by atoms with Crippen molar-refractivity contribution in [2.45, 2.75) is 31.2 Å². The molecule has 3 nitrogen and oxygen atoms in total. The molecule has 2 heterocycles. The summed E-state index contributed by atoms with van der Waals surface area (Å²) >= 11 is 0. The molecule has 94 valence electrons. The van der Waals surface area contributed by atoms with Crippen LogP contribution in [0.25, 0.3) is 0 Å². The maximum atomic E-state index is 9.10. The first-order valence-corrected chi connectivity index (χ1v) is 6.82. The van der Waals surface area contributed by atoms with E-state index in [4.69, 9.17) is 5.26 Å². The van der Waals surface area contributed by atoms with Gasteiger partial charge in [0.25, 0.3) is 0 Å². The van der Waals surface area contributed by atoms with E-state index in [0.717, 1.165) is 17.8 Å².